The maximum Gasteiger partial charge on any atom is 0.242 e. The first kappa shape index (κ1) is 62.3. The number of hydrogen-bond donors (Lipinski definition) is 2. The second kappa shape index (κ2) is 46.4. The molecule has 0 aromatic heterocycles. The summed E-state index contributed by atoms with van der Waals surface area (Å²) in [4.78, 5) is 75.1. The van der Waals surface area contributed by atoms with Gasteiger partial charge in [-0.15, -0.1) is 0 Å². The third kappa shape index (κ3) is 38.0. The topological polar surface area (TPSA) is 145 Å². The van der Waals surface area contributed by atoms with Crippen LogP contribution in [0.4, 0.5) is 0 Å². The fraction of sp³-hybridized carbons (Fsp3) is 0.907. The monoisotopic (exact) mass is 920 g/mol. The van der Waals surface area contributed by atoms with Crippen molar-refractivity contribution in [1.82, 2.24) is 19.6 Å². The van der Waals surface area contributed by atoms with E-state index >= 15 is 0 Å². The molecule has 0 aliphatic carbocycles. The molecule has 0 heterocycles. The molecule has 11 heteroatoms. The number of amides is 5. The zero-order chi connectivity index (χ0) is 48.0. The van der Waals surface area contributed by atoms with Crippen LogP contribution in [-0.4, -0.2) is 113 Å². The largest absolute Gasteiger partial charge is 0.396 e. The Morgan fingerprint density at radius 1 is 0.308 bits per heavy atom. The van der Waals surface area contributed by atoms with Crippen LogP contribution in [0, 0.1) is 0 Å². The number of nitrogens with two attached hydrogens (primary N) is 1. The highest BCUT2D eigenvalue weighted by Gasteiger charge is 2.27. The van der Waals surface area contributed by atoms with Crippen molar-refractivity contribution in [3.8, 4) is 0 Å². The number of hydrogen-bond acceptors (Lipinski definition) is 6. The Labute approximate surface area is 400 Å². The summed E-state index contributed by atoms with van der Waals surface area (Å²) in [6.07, 6.45) is 38.0. The van der Waals surface area contributed by atoms with Crippen molar-refractivity contribution in [2.45, 2.75) is 259 Å². The number of primary amides is 1. The van der Waals surface area contributed by atoms with Crippen molar-refractivity contribution in [3.05, 3.63) is 0 Å². The van der Waals surface area contributed by atoms with Gasteiger partial charge in [-0.1, -0.05) is 214 Å². The maximum absolute atomic E-state index is 14.4. The van der Waals surface area contributed by atoms with Gasteiger partial charge < -0.3 is 30.4 Å². The lowest BCUT2D eigenvalue weighted by atomic mass is 10.1. The number of aliphatic hydroxyl groups is 1. The summed E-state index contributed by atoms with van der Waals surface area (Å²) in [7, 11) is 0. The SMILES string of the molecule is CCCCCCCCCCN(CC(N)=O)C(=O)CN(CCCCCCCCCC)C(=O)CN(CCCCCCCCCC)C(=O)CN(CCCCCCCCCC)C(=O)CCCCCO. The van der Waals surface area contributed by atoms with Crippen LogP contribution in [0.25, 0.3) is 0 Å². The summed E-state index contributed by atoms with van der Waals surface area (Å²) in [5, 5.41) is 9.30. The van der Waals surface area contributed by atoms with Crippen LogP contribution >= 0.6 is 0 Å². The van der Waals surface area contributed by atoms with Crippen LogP contribution in [0.5, 0.6) is 0 Å². The molecule has 382 valence electrons. The van der Waals surface area contributed by atoms with Crippen LogP contribution < -0.4 is 5.73 Å². The molecule has 0 unspecified atom stereocenters. The first-order valence-electron chi connectivity index (χ1n) is 27.6. The van der Waals surface area contributed by atoms with Gasteiger partial charge in [0.2, 0.25) is 29.5 Å². The summed E-state index contributed by atoms with van der Waals surface area (Å²) in [5.41, 5.74) is 5.65. The highest BCUT2D eigenvalue weighted by Crippen LogP contribution is 2.15. The Morgan fingerprint density at radius 2 is 0.538 bits per heavy atom. The maximum atomic E-state index is 14.4. The van der Waals surface area contributed by atoms with Crippen molar-refractivity contribution in [1.29, 1.82) is 0 Å². The van der Waals surface area contributed by atoms with Gasteiger partial charge in [0.1, 0.15) is 0 Å². The van der Waals surface area contributed by atoms with Gasteiger partial charge in [-0.25, -0.2) is 0 Å². The summed E-state index contributed by atoms with van der Waals surface area (Å²) in [6.45, 7) is 10.2. The zero-order valence-corrected chi connectivity index (χ0v) is 43.2. The number of aliphatic hydroxyl groups excluding tert-OH is 1. The summed E-state index contributed by atoms with van der Waals surface area (Å²) in [6, 6.07) is 0. The van der Waals surface area contributed by atoms with Gasteiger partial charge in [-0.05, 0) is 38.5 Å². The van der Waals surface area contributed by atoms with E-state index in [-0.39, 0.29) is 56.4 Å². The van der Waals surface area contributed by atoms with Crippen molar-refractivity contribution < 1.29 is 29.1 Å². The molecule has 0 saturated carbocycles. The molecule has 0 fully saturated rings. The van der Waals surface area contributed by atoms with Crippen LogP contribution in [-0.2, 0) is 24.0 Å². The van der Waals surface area contributed by atoms with Crippen molar-refractivity contribution >= 4 is 29.5 Å². The molecule has 5 amide bonds. The lowest BCUT2D eigenvalue weighted by Crippen LogP contribution is -2.50. The Bertz CT molecular complexity index is 1150. The van der Waals surface area contributed by atoms with Crippen LogP contribution in [0.2, 0.25) is 0 Å². The van der Waals surface area contributed by atoms with Gasteiger partial charge >= 0.3 is 0 Å². The molecule has 0 spiro atoms. The smallest absolute Gasteiger partial charge is 0.242 e. The predicted molar refractivity (Wildman–Crippen MR) is 272 cm³/mol. The quantitative estimate of drug-likeness (QED) is 0.0581. The Balaban J connectivity index is 6.19. The molecule has 0 bridgehead atoms. The van der Waals surface area contributed by atoms with E-state index in [2.05, 4.69) is 27.7 Å². The average molecular weight is 920 g/mol. The van der Waals surface area contributed by atoms with Crippen LogP contribution in [0.3, 0.4) is 0 Å². The number of unbranched alkanes of at least 4 members (excludes halogenated alkanes) is 30. The third-order valence-corrected chi connectivity index (χ3v) is 12.9. The minimum absolute atomic E-state index is 0.0504. The van der Waals surface area contributed by atoms with Gasteiger partial charge in [0.15, 0.2) is 0 Å². The molecule has 3 N–H and O–H groups in total. The molecule has 0 saturated heterocycles. The van der Waals surface area contributed by atoms with E-state index in [1.54, 1.807) is 14.7 Å². The minimum atomic E-state index is -0.569. The fourth-order valence-electron chi connectivity index (χ4n) is 8.61. The second-order valence-corrected chi connectivity index (χ2v) is 19.2. The standard InChI is InChI=1S/C54H105N5O6/c1-5-9-13-17-21-25-29-35-41-56(46-50(55)61)52(63)48-58(43-37-31-27-23-19-15-11-7-3)54(65)49-59(44-38-32-28-24-20-16-12-8-4)53(64)47-57(51(62)40-34-33-39-45-60)42-36-30-26-22-18-14-10-6-2/h60H,5-49H2,1-4H3,(H2,55,61). The molecule has 0 rings (SSSR count). The van der Waals surface area contributed by atoms with Gasteiger partial charge in [0.25, 0.3) is 0 Å². The van der Waals surface area contributed by atoms with E-state index in [9.17, 15) is 29.1 Å². The molecule has 0 aliphatic heterocycles. The van der Waals surface area contributed by atoms with Crippen molar-refractivity contribution in [3.63, 3.8) is 0 Å². The van der Waals surface area contributed by atoms with Gasteiger partial charge in [-0.2, -0.15) is 0 Å². The average Bonchev–Trinajstić information content (AvgIpc) is 3.29. The highest BCUT2D eigenvalue weighted by molar-refractivity contribution is 5.91. The first-order chi connectivity index (χ1) is 31.6. The number of rotatable bonds is 49. The molecular formula is C54H105N5O6. The zero-order valence-electron chi connectivity index (χ0n) is 43.2. The Morgan fingerprint density at radius 3 is 0.800 bits per heavy atom. The van der Waals surface area contributed by atoms with Crippen LogP contribution in [0.15, 0.2) is 0 Å². The summed E-state index contributed by atoms with van der Waals surface area (Å²) < 4.78 is 0. The van der Waals surface area contributed by atoms with E-state index < -0.39 is 5.91 Å². The number of nitrogens with zero attached hydrogens (tertiary/aromatic N) is 4. The first-order valence-corrected chi connectivity index (χ1v) is 27.6. The molecule has 0 radical (unpaired) electrons. The molecular weight excluding hydrogens is 815 g/mol. The minimum Gasteiger partial charge on any atom is -0.396 e. The third-order valence-electron chi connectivity index (χ3n) is 12.9. The molecule has 0 atom stereocenters. The second-order valence-electron chi connectivity index (χ2n) is 19.2. The Kier molecular flexibility index (Phi) is 44.5. The highest BCUT2D eigenvalue weighted by atomic mass is 16.3. The molecule has 0 aromatic carbocycles. The van der Waals surface area contributed by atoms with E-state index in [0.29, 0.717) is 45.4 Å². The lowest BCUT2D eigenvalue weighted by Gasteiger charge is -2.31. The van der Waals surface area contributed by atoms with Crippen LogP contribution in [0.1, 0.15) is 259 Å². The number of carbonyl (C=O) groups excluding carboxylic acids is 5. The summed E-state index contributed by atoms with van der Waals surface area (Å²) >= 11 is 0. The summed E-state index contributed by atoms with van der Waals surface area (Å²) in [5.74, 6) is -1.41. The molecule has 11 nitrogen and oxygen atoms in total. The van der Waals surface area contributed by atoms with Gasteiger partial charge in [0.05, 0.1) is 26.2 Å². The number of carbonyl (C=O) groups is 5. The fourth-order valence-corrected chi connectivity index (χ4v) is 8.61. The van der Waals surface area contributed by atoms with E-state index in [1.165, 1.54) is 114 Å². The van der Waals surface area contributed by atoms with E-state index in [0.717, 1.165) is 103 Å². The molecule has 0 aromatic rings. The molecule has 65 heavy (non-hydrogen) atoms. The van der Waals surface area contributed by atoms with Gasteiger partial charge in [-0.3, -0.25) is 24.0 Å². The van der Waals surface area contributed by atoms with E-state index in [1.807, 2.05) is 0 Å². The predicted octanol–water partition coefficient (Wildman–Crippen LogP) is 11.9. The normalized spacial score (nSPS) is 11.2. The van der Waals surface area contributed by atoms with Gasteiger partial charge in [0, 0.05) is 39.2 Å². The Hall–Kier alpha value is -2.69. The van der Waals surface area contributed by atoms with Crippen molar-refractivity contribution in [2.75, 3.05) is 59.0 Å². The lowest BCUT2D eigenvalue weighted by molar-refractivity contribution is -0.146. The van der Waals surface area contributed by atoms with E-state index in [4.69, 9.17) is 5.73 Å². The molecule has 0 aliphatic rings. The van der Waals surface area contributed by atoms with Crippen molar-refractivity contribution in [2.24, 2.45) is 5.73 Å².